The maximum absolute atomic E-state index is 12.1. The normalized spacial score (nSPS) is 11.2. The lowest BCUT2D eigenvalue weighted by atomic mass is 10.2. The molecular formula is C12H20N2O7. The fraction of sp³-hybridized carbons (Fsp3) is 0.667. The van der Waals surface area contributed by atoms with Crippen molar-refractivity contribution in [1.29, 1.82) is 0 Å². The number of nitrogens with zero attached hydrogens (tertiary/aromatic N) is 2. The number of urea groups is 1. The zero-order chi connectivity index (χ0) is 16.6. The van der Waals surface area contributed by atoms with Gasteiger partial charge in [-0.15, -0.1) is 0 Å². The van der Waals surface area contributed by atoms with Gasteiger partial charge in [-0.2, -0.15) is 0 Å². The Kier molecular flexibility index (Phi) is 7.80. The van der Waals surface area contributed by atoms with Crippen molar-refractivity contribution in [1.82, 2.24) is 9.80 Å². The van der Waals surface area contributed by atoms with E-state index in [0.29, 0.717) is 0 Å². The molecule has 0 aromatic rings. The highest BCUT2D eigenvalue weighted by Gasteiger charge is 2.26. The Morgan fingerprint density at radius 1 is 1.05 bits per heavy atom. The van der Waals surface area contributed by atoms with E-state index in [4.69, 9.17) is 5.11 Å². The van der Waals surface area contributed by atoms with Crippen LogP contribution in [-0.2, 0) is 23.9 Å². The number of carbonyl (C=O) groups excluding carboxylic acids is 3. The van der Waals surface area contributed by atoms with Gasteiger partial charge in [-0.05, 0) is 0 Å². The minimum atomic E-state index is -1.05. The van der Waals surface area contributed by atoms with Crippen LogP contribution in [-0.4, -0.2) is 79.7 Å². The van der Waals surface area contributed by atoms with Crippen molar-refractivity contribution in [3.63, 3.8) is 0 Å². The second kappa shape index (κ2) is 8.77. The summed E-state index contributed by atoms with van der Waals surface area (Å²) in [5.74, 6) is -3.24. The molecule has 9 nitrogen and oxygen atoms in total. The topological polar surface area (TPSA) is 113 Å². The number of hydrogen-bond donors (Lipinski definition) is 1. The predicted octanol–water partition coefficient (Wildman–Crippen LogP) is -0.593. The zero-order valence-electron chi connectivity index (χ0n) is 12.5. The Morgan fingerprint density at radius 2 is 1.48 bits per heavy atom. The largest absolute Gasteiger partial charge is 0.481 e. The fourth-order valence-corrected chi connectivity index (χ4v) is 1.44. The summed E-state index contributed by atoms with van der Waals surface area (Å²) in [6, 6.07) is -0.668. The minimum Gasteiger partial charge on any atom is -0.481 e. The summed E-state index contributed by atoms with van der Waals surface area (Å²) >= 11 is 0. The predicted molar refractivity (Wildman–Crippen MR) is 70.4 cm³/mol. The lowest BCUT2D eigenvalue weighted by Gasteiger charge is -2.27. The Labute approximate surface area is 122 Å². The van der Waals surface area contributed by atoms with Crippen molar-refractivity contribution in [2.45, 2.75) is 6.92 Å². The Morgan fingerprint density at radius 3 is 1.81 bits per heavy atom. The van der Waals surface area contributed by atoms with Gasteiger partial charge in [-0.25, -0.2) is 4.79 Å². The maximum atomic E-state index is 12.1. The molecule has 1 unspecified atom stereocenters. The van der Waals surface area contributed by atoms with E-state index in [9.17, 15) is 19.2 Å². The van der Waals surface area contributed by atoms with Crippen LogP contribution < -0.4 is 0 Å². The SMILES string of the molecule is COC(=O)CN(CC(=O)OC)C(=O)N(C)CC(C)C(=O)O. The average Bonchev–Trinajstić information content (AvgIpc) is 2.44. The molecular weight excluding hydrogens is 284 g/mol. The van der Waals surface area contributed by atoms with Crippen molar-refractivity contribution in [2.24, 2.45) is 5.92 Å². The van der Waals surface area contributed by atoms with Gasteiger partial charge in [0.1, 0.15) is 13.1 Å². The lowest BCUT2D eigenvalue weighted by molar-refractivity contribution is -0.145. The number of aliphatic carboxylic acids is 1. The first kappa shape index (κ1) is 18.7. The summed E-state index contributed by atoms with van der Waals surface area (Å²) in [7, 11) is 3.68. The molecule has 2 amide bonds. The number of hydrogen-bond acceptors (Lipinski definition) is 6. The zero-order valence-corrected chi connectivity index (χ0v) is 12.5. The molecule has 0 aromatic heterocycles. The van der Waals surface area contributed by atoms with Crippen LogP contribution in [0.1, 0.15) is 6.92 Å². The summed E-state index contributed by atoms with van der Waals surface area (Å²) in [4.78, 5) is 47.5. The molecule has 0 heterocycles. The molecule has 0 aliphatic heterocycles. The molecule has 1 atom stereocenters. The summed E-state index contributed by atoms with van der Waals surface area (Å²) in [6.45, 7) is 0.510. The van der Waals surface area contributed by atoms with Crippen LogP contribution in [0.2, 0.25) is 0 Å². The summed E-state index contributed by atoms with van der Waals surface area (Å²) in [5, 5.41) is 8.82. The third-order valence-electron chi connectivity index (χ3n) is 2.66. The second-order valence-electron chi connectivity index (χ2n) is 4.41. The van der Waals surface area contributed by atoms with Crippen LogP contribution in [0.25, 0.3) is 0 Å². The van der Waals surface area contributed by atoms with Crippen LogP contribution in [0, 0.1) is 5.92 Å². The molecule has 0 saturated carbocycles. The standard InChI is InChI=1S/C12H20N2O7/c1-8(11(17)18)5-13(2)12(19)14(6-9(15)20-3)7-10(16)21-4/h8H,5-7H2,1-4H3,(H,17,18). The first-order valence-electron chi connectivity index (χ1n) is 6.09. The third-order valence-corrected chi connectivity index (χ3v) is 2.66. The smallest absolute Gasteiger partial charge is 0.325 e. The lowest BCUT2D eigenvalue weighted by Crippen LogP contribution is -2.48. The van der Waals surface area contributed by atoms with Crippen LogP contribution in [0.3, 0.4) is 0 Å². The second-order valence-corrected chi connectivity index (χ2v) is 4.41. The number of carboxylic acids is 1. The number of esters is 2. The molecule has 9 heteroatoms. The first-order chi connectivity index (χ1) is 9.72. The number of ether oxygens (including phenoxy) is 2. The molecule has 1 N–H and O–H groups in total. The van der Waals surface area contributed by atoms with E-state index in [-0.39, 0.29) is 6.54 Å². The van der Waals surface area contributed by atoms with Gasteiger partial charge < -0.3 is 24.4 Å². The number of carbonyl (C=O) groups is 4. The molecule has 0 aliphatic rings. The molecule has 0 saturated heterocycles. The van der Waals surface area contributed by atoms with Crippen molar-refractivity contribution >= 4 is 23.9 Å². The summed E-state index contributed by atoms with van der Waals surface area (Å²) in [6.07, 6.45) is 0. The van der Waals surface area contributed by atoms with Crippen molar-refractivity contribution in [3.05, 3.63) is 0 Å². The Balaban J connectivity index is 4.86. The third kappa shape index (κ3) is 6.59. The van der Waals surface area contributed by atoms with E-state index in [1.807, 2.05) is 0 Å². The van der Waals surface area contributed by atoms with Crippen molar-refractivity contribution < 1.29 is 33.8 Å². The first-order valence-corrected chi connectivity index (χ1v) is 6.09. The van der Waals surface area contributed by atoms with Crippen molar-refractivity contribution in [3.8, 4) is 0 Å². The molecule has 0 bridgehead atoms. The molecule has 0 radical (unpaired) electrons. The van der Waals surface area contributed by atoms with Gasteiger partial charge in [0.05, 0.1) is 20.1 Å². The van der Waals surface area contributed by atoms with E-state index in [0.717, 1.165) is 24.0 Å². The highest BCUT2D eigenvalue weighted by molar-refractivity contribution is 5.85. The van der Waals surface area contributed by atoms with Crippen LogP contribution in [0.15, 0.2) is 0 Å². The van der Waals surface area contributed by atoms with Crippen LogP contribution in [0.5, 0.6) is 0 Å². The number of methoxy groups -OCH3 is 2. The Hall–Kier alpha value is -2.32. The van der Waals surface area contributed by atoms with Gasteiger partial charge in [0.15, 0.2) is 0 Å². The van der Waals surface area contributed by atoms with Crippen molar-refractivity contribution in [2.75, 3.05) is 40.9 Å². The van der Waals surface area contributed by atoms with E-state index in [2.05, 4.69) is 9.47 Å². The molecule has 0 fully saturated rings. The highest BCUT2D eigenvalue weighted by Crippen LogP contribution is 2.04. The highest BCUT2D eigenvalue weighted by atomic mass is 16.5. The van der Waals surface area contributed by atoms with E-state index in [1.165, 1.54) is 14.0 Å². The monoisotopic (exact) mass is 304 g/mol. The number of rotatable bonds is 7. The van der Waals surface area contributed by atoms with Gasteiger partial charge >= 0.3 is 23.9 Å². The van der Waals surface area contributed by atoms with Gasteiger partial charge in [-0.1, -0.05) is 6.92 Å². The average molecular weight is 304 g/mol. The number of carboxylic acid groups (broad SMARTS) is 1. The summed E-state index contributed by atoms with van der Waals surface area (Å²) < 4.78 is 8.90. The van der Waals surface area contributed by atoms with Gasteiger partial charge in [-0.3, -0.25) is 14.4 Å². The van der Waals surface area contributed by atoms with Gasteiger partial charge in [0.25, 0.3) is 0 Å². The fourth-order valence-electron chi connectivity index (χ4n) is 1.44. The van der Waals surface area contributed by atoms with E-state index >= 15 is 0 Å². The Bertz CT molecular complexity index is 392. The van der Waals surface area contributed by atoms with E-state index < -0.39 is 42.9 Å². The van der Waals surface area contributed by atoms with Gasteiger partial charge in [0.2, 0.25) is 0 Å². The van der Waals surface area contributed by atoms with Crippen LogP contribution >= 0.6 is 0 Å². The molecule has 120 valence electrons. The molecule has 0 aliphatic carbocycles. The molecule has 0 rings (SSSR count). The molecule has 0 spiro atoms. The molecule has 21 heavy (non-hydrogen) atoms. The van der Waals surface area contributed by atoms with E-state index in [1.54, 1.807) is 0 Å². The quantitative estimate of drug-likeness (QED) is 0.625. The van der Waals surface area contributed by atoms with Gasteiger partial charge in [0, 0.05) is 13.6 Å². The molecule has 0 aromatic carbocycles. The van der Waals surface area contributed by atoms with Crippen LogP contribution in [0.4, 0.5) is 4.79 Å². The summed E-state index contributed by atoms with van der Waals surface area (Å²) in [5.41, 5.74) is 0. The minimum absolute atomic E-state index is 0.0625. The number of amides is 2. The maximum Gasteiger partial charge on any atom is 0.325 e.